The fraction of sp³-hybridized carbons (Fsp3) is 0.444. The van der Waals surface area contributed by atoms with Crippen molar-refractivity contribution in [3.05, 3.63) is 22.4 Å². The Hall–Kier alpha value is -0.870. The highest BCUT2D eigenvalue weighted by Crippen LogP contribution is 2.06. The van der Waals surface area contributed by atoms with Gasteiger partial charge >= 0.3 is 0 Å². The molecule has 4 heteroatoms. The summed E-state index contributed by atoms with van der Waals surface area (Å²) in [6.45, 7) is 2.38. The predicted molar refractivity (Wildman–Crippen MR) is 54.7 cm³/mol. The quantitative estimate of drug-likeness (QED) is 0.750. The lowest BCUT2D eigenvalue weighted by molar-refractivity contribution is -0.120. The SMILES string of the molecule is C[C@H](CN)NC(=O)Cc1ccsc1. The van der Waals surface area contributed by atoms with E-state index in [-0.39, 0.29) is 11.9 Å². The average molecular weight is 198 g/mol. The van der Waals surface area contributed by atoms with Crippen molar-refractivity contribution in [1.29, 1.82) is 0 Å². The Kier molecular flexibility index (Phi) is 3.92. The van der Waals surface area contributed by atoms with Crippen molar-refractivity contribution in [3.63, 3.8) is 0 Å². The summed E-state index contributed by atoms with van der Waals surface area (Å²) in [5.74, 6) is 0.0383. The van der Waals surface area contributed by atoms with E-state index in [0.29, 0.717) is 13.0 Å². The first-order valence-corrected chi connectivity index (χ1v) is 5.17. The van der Waals surface area contributed by atoms with Crippen molar-refractivity contribution in [1.82, 2.24) is 5.32 Å². The topological polar surface area (TPSA) is 55.1 Å². The molecule has 0 aliphatic rings. The van der Waals surface area contributed by atoms with Crippen LogP contribution in [-0.4, -0.2) is 18.5 Å². The Bertz CT molecular complexity index is 259. The second-order valence-corrected chi connectivity index (χ2v) is 3.79. The van der Waals surface area contributed by atoms with Gasteiger partial charge in [-0.05, 0) is 29.3 Å². The van der Waals surface area contributed by atoms with Crippen LogP contribution in [0.1, 0.15) is 12.5 Å². The largest absolute Gasteiger partial charge is 0.352 e. The van der Waals surface area contributed by atoms with Crippen LogP contribution in [0.15, 0.2) is 16.8 Å². The van der Waals surface area contributed by atoms with E-state index in [0.717, 1.165) is 5.56 Å². The molecule has 0 unspecified atom stereocenters. The van der Waals surface area contributed by atoms with Gasteiger partial charge in [0.1, 0.15) is 0 Å². The maximum absolute atomic E-state index is 11.3. The summed E-state index contributed by atoms with van der Waals surface area (Å²) in [4.78, 5) is 11.3. The van der Waals surface area contributed by atoms with Crippen molar-refractivity contribution in [3.8, 4) is 0 Å². The molecule has 0 saturated carbocycles. The summed E-state index contributed by atoms with van der Waals surface area (Å²) in [5.41, 5.74) is 6.44. The minimum atomic E-state index is 0.0383. The number of rotatable bonds is 4. The molecule has 1 aromatic rings. The first-order chi connectivity index (χ1) is 6.22. The van der Waals surface area contributed by atoms with Crippen molar-refractivity contribution in [2.45, 2.75) is 19.4 Å². The molecular formula is C9H14N2OS. The van der Waals surface area contributed by atoms with Gasteiger partial charge in [0.15, 0.2) is 0 Å². The summed E-state index contributed by atoms with van der Waals surface area (Å²) in [7, 11) is 0. The maximum atomic E-state index is 11.3. The first kappa shape index (κ1) is 10.2. The Labute approximate surface area is 81.9 Å². The summed E-state index contributed by atoms with van der Waals surface area (Å²) in [6, 6.07) is 2.02. The van der Waals surface area contributed by atoms with E-state index in [1.807, 2.05) is 23.8 Å². The highest BCUT2D eigenvalue weighted by Gasteiger charge is 2.06. The number of nitrogens with two attached hydrogens (primary N) is 1. The first-order valence-electron chi connectivity index (χ1n) is 4.23. The van der Waals surface area contributed by atoms with Crippen LogP contribution in [0.25, 0.3) is 0 Å². The van der Waals surface area contributed by atoms with Gasteiger partial charge in [0, 0.05) is 12.6 Å². The van der Waals surface area contributed by atoms with E-state index in [4.69, 9.17) is 5.73 Å². The Morgan fingerprint density at radius 2 is 2.54 bits per heavy atom. The van der Waals surface area contributed by atoms with E-state index < -0.39 is 0 Å². The molecule has 0 aliphatic carbocycles. The van der Waals surface area contributed by atoms with Gasteiger partial charge in [0.25, 0.3) is 0 Å². The van der Waals surface area contributed by atoms with Crippen LogP contribution in [0.5, 0.6) is 0 Å². The predicted octanol–water partition coefficient (Wildman–Crippen LogP) is 0.754. The fourth-order valence-corrected chi connectivity index (χ4v) is 1.63. The molecule has 1 rings (SSSR count). The van der Waals surface area contributed by atoms with Crippen LogP contribution in [0.2, 0.25) is 0 Å². The molecule has 0 spiro atoms. The molecule has 0 aromatic carbocycles. The molecule has 13 heavy (non-hydrogen) atoms. The molecule has 1 atom stereocenters. The van der Waals surface area contributed by atoms with E-state index >= 15 is 0 Å². The Morgan fingerprint density at radius 3 is 3.08 bits per heavy atom. The van der Waals surface area contributed by atoms with Crippen molar-refractivity contribution in [2.75, 3.05) is 6.54 Å². The normalized spacial score (nSPS) is 12.5. The van der Waals surface area contributed by atoms with Gasteiger partial charge < -0.3 is 11.1 Å². The van der Waals surface area contributed by atoms with E-state index in [1.165, 1.54) is 0 Å². The molecule has 1 heterocycles. The number of carbonyl (C=O) groups excluding carboxylic acids is 1. The summed E-state index contributed by atoms with van der Waals surface area (Å²) in [6.07, 6.45) is 0.452. The average Bonchev–Trinajstić information content (AvgIpc) is 2.56. The van der Waals surface area contributed by atoms with Crippen LogP contribution in [0, 0.1) is 0 Å². The zero-order valence-electron chi connectivity index (χ0n) is 7.62. The monoisotopic (exact) mass is 198 g/mol. The second-order valence-electron chi connectivity index (χ2n) is 3.01. The van der Waals surface area contributed by atoms with Crippen LogP contribution >= 0.6 is 11.3 Å². The Balaban J connectivity index is 2.34. The third-order valence-electron chi connectivity index (χ3n) is 1.71. The fourth-order valence-electron chi connectivity index (χ4n) is 0.963. The van der Waals surface area contributed by atoms with Gasteiger partial charge in [-0.15, -0.1) is 0 Å². The smallest absolute Gasteiger partial charge is 0.224 e. The number of hydrogen-bond acceptors (Lipinski definition) is 3. The van der Waals surface area contributed by atoms with Crippen LogP contribution < -0.4 is 11.1 Å². The zero-order chi connectivity index (χ0) is 9.68. The van der Waals surface area contributed by atoms with Crippen LogP contribution in [0.4, 0.5) is 0 Å². The van der Waals surface area contributed by atoms with Gasteiger partial charge in [-0.2, -0.15) is 11.3 Å². The van der Waals surface area contributed by atoms with Crippen molar-refractivity contribution < 1.29 is 4.79 Å². The third-order valence-corrected chi connectivity index (χ3v) is 2.44. The molecule has 1 amide bonds. The molecule has 72 valence electrons. The van der Waals surface area contributed by atoms with E-state index in [9.17, 15) is 4.79 Å². The molecule has 0 radical (unpaired) electrons. The minimum absolute atomic E-state index is 0.0383. The van der Waals surface area contributed by atoms with Gasteiger partial charge in [0.05, 0.1) is 6.42 Å². The summed E-state index contributed by atoms with van der Waals surface area (Å²) < 4.78 is 0. The highest BCUT2D eigenvalue weighted by molar-refractivity contribution is 7.07. The second kappa shape index (κ2) is 4.99. The molecule has 0 aliphatic heterocycles. The molecule has 1 aromatic heterocycles. The lowest BCUT2D eigenvalue weighted by Crippen LogP contribution is -2.38. The standard InChI is InChI=1S/C9H14N2OS/c1-7(5-10)11-9(12)4-8-2-3-13-6-8/h2-3,6-7H,4-5,10H2,1H3,(H,11,12)/t7-/m1/s1. The molecule has 3 nitrogen and oxygen atoms in total. The van der Waals surface area contributed by atoms with E-state index in [2.05, 4.69) is 5.32 Å². The third kappa shape index (κ3) is 3.57. The lowest BCUT2D eigenvalue weighted by atomic mass is 10.2. The molecule has 0 bridgehead atoms. The number of hydrogen-bond donors (Lipinski definition) is 2. The van der Waals surface area contributed by atoms with Gasteiger partial charge in [-0.1, -0.05) is 0 Å². The van der Waals surface area contributed by atoms with Gasteiger partial charge in [-0.25, -0.2) is 0 Å². The number of thiophene rings is 1. The van der Waals surface area contributed by atoms with Gasteiger partial charge in [0.2, 0.25) is 5.91 Å². The number of carbonyl (C=O) groups is 1. The van der Waals surface area contributed by atoms with Crippen molar-refractivity contribution in [2.24, 2.45) is 5.73 Å². The molecule has 0 saturated heterocycles. The molecule has 0 fully saturated rings. The van der Waals surface area contributed by atoms with Crippen LogP contribution in [-0.2, 0) is 11.2 Å². The zero-order valence-corrected chi connectivity index (χ0v) is 8.43. The van der Waals surface area contributed by atoms with Crippen molar-refractivity contribution >= 4 is 17.2 Å². The summed E-state index contributed by atoms with van der Waals surface area (Å²) >= 11 is 1.60. The van der Waals surface area contributed by atoms with Gasteiger partial charge in [-0.3, -0.25) is 4.79 Å². The summed E-state index contributed by atoms with van der Waals surface area (Å²) in [5, 5.41) is 6.75. The highest BCUT2D eigenvalue weighted by atomic mass is 32.1. The van der Waals surface area contributed by atoms with E-state index in [1.54, 1.807) is 11.3 Å². The van der Waals surface area contributed by atoms with Crippen LogP contribution in [0.3, 0.4) is 0 Å². The maximum Gasteiger partial charge on any atom is 0.224 e. The lowest BCUT2D eigenvalue weighted by Gasteiger charge is -2.10. The molecule has 3 N–H and O–H groups in total. The number of nitrogens with one attached hydrogen (secondary N) is 1. The molecular weight excluding hydrogens is 184 g/mol. The minimum Gasteiger partial charge on any atom is -0.352 e. The number of amides is 1. The Morgan fingerprint density at radius 1 is 1.77 bits per heavy atom.